The predicted octanol–water partition coefficient (Wildman–Crippen LogP) is 3.68. The first kappa shape index (κ1) is 13.6. The number of para-hydroxylation sites is 2. The Balaban J connectivity index is 2.07. The van der Waals surface area contributed by atoms with E-state index in [2.05, 4.69) is 42.7 Å². The van der Waals surface area contributed by atoms with E-state index in [-0.39, 0.29) is 6.04 Å². The van der Waals surface area contributed by atoms with E-state index in [1.807, 2.05) is 0 Å². The average molecular weight is 271 g/mol. The van der Waals surface area contributed by atoms with Crippen LogP contribution in [0.3, 0.4) is 0 Å². The smallest absolute Gasteiger partial charge is 0.109 e. The number of nitrogens with zero attached hydrogens (tertiary/aromatic N) is 2. The monoisotopic (exact) mass is 271 g/mol. The molecule has 2 N–H and O–H groups in total. The number of fused-ring (bicyclic) bond motifs is 1. The standard InChI is InChI=1S/C17H25N3/c1-3-12-9-10-13(18)16(11-12)20-15-8-6-5-7-14(15)19-17(20)4-2/h5-8,12-13,16H,3-4,9-11,18H2,1-2H3. The highest BCUT2D eigenvalue weighted by molar-refractivity contribution is 5.76. The summed E-state index contributed by atoms with van der Waals surface area (Å²) in [6, 6.07) is 9.14. The summed E-state index contributed by atoms with van der Waals surface area (Å²) in [7, 11) is 0. The molecule has 3 heteroatoms. The molecule has 3 nitrogen and oxygen atoms in total. The largest absolute Gasteiger partial charge is 0.326 e. The molecular weight excluding hydrogens is 246 g/mol. The Bertz CT molecular complexity index is 587. The Hall–Kier alpha value is -1.35. The van der Waals surface area contributed by atoms with E-state index in [0.717, 1.165) is 24.3 Å². The summed E-state index contributed by atoms with van der Waals surface area (Å²) in [5.74, 6) is 1.99. The summed E-state index contributed by atoms with van der Waals surface area (Å²) in [6.07, 6.45) is 5.85. The van der Waals surface area contributed by atoms with Crippen LogP contribution in [0.2, 0.25) is 0 Å². The van der Waals surface area contributed by atoms with Crippen molar-refractivity contribution in [2.75, 3.05) is 0 Å². The van der Waals surface area contributed by atoms with Gasteiger partial charge in [0, 0.05) is 12.5 Å². The SMILES string of the molecule is CCc1nc2ccccc2n1C1CC(CC)CCC1N. The molecule has 1 aliphatic rings. The van der Waals surface area contributed by atoms with Gasteiger partial charge in [-0.3, -0.25) is 0 Å². The van der Waals surface area contributed by atoms with Crippen molar-refractivity contribution in [3.8, 4) is 0 Å². The molecule has 0 spiro atoms. The molecule has 108 valence electrons. The molecule has 3 rings (SSSR count). The van der Waals surface area contributed by atoms with Gasteiger partial charge in [0.1, 0.15) is 5.82 Å². The van der Waals surface area contributed by atoms with Crippen molar-refractivity contribution in [2.24, 2.45) is 11.7 Å². The Kier molecular flexibility index (Phi) is 3.79. The number of hydrogen-bond donors (Lipinski definition) is 1. The Morgan fingerprint density at radius 3 is 2.80 bits per heavy atom. The first-order chi connectivity index (χ1) is 9.74. The number of hydrogen-bond acceptors (Lipinski definition) is 2. The van der Waals surface area contributed by atoms with Crippen molar-refractivity contribution in [1.29, 1.82) is 0 Å². The van der Waals surface area contributed by atoms with Crippen LogP contribution in [-0.2, 0) is 6.42 Å². The van der Waals surface area contributed by atoms with Crippen molar-refractivity contribution in [3.05, 3.63) is 30.1 Å². The van der Waals surface area contributed by atoms with Gasteiger partial charge in [-0.25, -0.2) is 4.98 Å². The zero-order chi connectivity index (χ0) is 14.1. The van der Waals surface area contributed by atoms with Crippen LogP contribution in [-0.4, -0.2) is 15.6 Å². The number of imidazole rings is 1. The lowest BCUT2D eigenvalue weighted by Crippen LogP contribution is -2.38. The molecular formula is C17H25N3. The lowest BCUT2D eigenvalue weighted by molar-refractivity contribution is 0.230. The highest BCUT2D eigenvalue weighted by Crippen LogP contribution is 2.36. The van der Waals surface area contributed by atoms with Crippen molar-refractivity contribution in [2.45, 2.75) is 58.0 Å². The third kappa shape index (κ3) is 2.24. The quantitative estimate of drug-likeness (QED) is 0.925. The summed E-state index contributed by atoms with van der Waals surface area (Å²) >= 11 is 0. The average Bonchev–Trinajstić information content (AvgIpc) is 2.86. The molecule has 1 fully saturated rings. The van der Waals surface area contributed by atoms with Crippen LogP contribution in [0.4, 0.5) is 0 Å². The highest BCUT2D eigenvalue weighted by Gasteiger charge is 2.30. The van der Waals surface area contributed by atoms with Gasteiger partial charge in [0.25, 0.3) is 0 Å². The van der Waals surface area contributed by atoms with E-state index < -0.39 is 0 Å². The second kappa shape index (κ2) is 5.57. The van der Waals surface area contributed by atoms with Crippen LogP contribution in [0.25, 0.3) is 11.0 Å². The van der Waals surface area contributed by atoms with Gasteiger partial charge in [-0.2, -0.15) is 0 Å². The van der Waals surface area contributed by atoms with Crippen molar-refractivity contribution in [1.82, 2.24) is 9.55 Å². The number of nitrogens with two attached hydrogens (primary N) is 1. The fraction of sp³-hybridized carbons (Fsp3) is 0.588. The molecule has 1 saturated carbocycles. The van der Waals surface area contributed by atoms with Crippen LogP contribution >= 0.6 is 0 Å². The zero-order valence-electron chi connectivity index (χ0n) is 12.5. The van der Waals surface area contributed by atoms with Crippen LogP contribution in [0, 0.1) is 5.92 Å². The van der Waals surface area contributed by atoms with Crippen molar-refractivity contribution in [3.63, 3.8) is 0 Å². The van der Waals surface area contributed by atoms with Crippen LogP contribution < -0.4 is 5.73 Å². The fourth-order valence-electron chi connectivity index (χ4n) is 3.64. The van der Waals surface area contributed by atoms with E-state index >= 15 is 0 Å². The second-order valence-corrected chi connectivity index (χ2v) is 6.06. The fourth-order valence-corrected chi connectivity index (χ4v) is 3.64. The van der Waals surface area contributed by atoms with Crippen molar-refractivity contribution < 1.29 is 0 Å². The van der Waals surface area contributed by atoms with E-state index in [1.54, 1.807) is 0 Å². The van der Waals surface area contributed by atoms with E-state index in [1.165, 1.54) is 30.6 Å². The van der Waals surface area contributed by atoms with Gasteiger partial charge in [0.05, 0.1) is 17.1 Å². The normalized spacial score (nSPS) is 27.1. The summed E-state index contributed by atoms with van der Waals surface area (Å²) in [5, 5.41) is 0. The minimum absolute atomic E-state index is 0.265. The molecule has 0 radical (unpaired) electrons. The third-order valence-corrected chi connectivity index (χ3v) is 4.87. The number of benzene rings is 1. The van der Waals surface area contributed by atoms with Crippen LogP contribution in [0.15, 0.2) is 24.3 Å². The summed E-state index contributed by atoms with van der Waals surface area (Å²) in [5.41, 5.74) is 8.81. The second-order valence-electron chi connectivity index (χ2n) is 6.06. The van der Waals surface area contributed by atoms with Gasteiger partial charge >= 0.3 is 0 Å². The molecule has 2 aromatic rings. The molecule has 20 heavy (non-hydrogen) atoms. The minimum atomic E-state index is 0.265. The Morgan fingerprint density at radius 2 is 2.05 bits per heavy atom. The minimum Gasteiger partial charge on any atom is -0.326 e. The molecule has 3 atom stereocenters. The molecule has 0 aliphatic heterocycles. The molecule has 0 saturated heterocycles. The van der Waals surface area contributed by atoms with Crippen LogP contribution in [0.5, 0.6) is 0 Å². The molecule has 3 unspecified atom stereocenters. The lowest BCUT2D eigenvalue weighted by Gasteiger charge is -2.35. The van der Waals surface area contributed by atoms with Gasteiger partial charge in [0.15, 0.2) is 0 Å². The first-order valence-corrected chi connectivity index (χ1v) is 7.96. The number of aromatic nitrogens is 2. The number of rotatable bonds is 3. The third-order valence-electron chi connectivity index (χ3n) is 4.87. The van der Waals surface area contributed by atoms with Crippen LogP contribution in [0.1, 0.15) is 51.4 Å². The summed E-state index contributed by atoms with van der Waals surface area (Å²) in [4.78, 5) is 4.80. The van der Waals surface area contributed by atoms with Gasteiger partial charge in [-0.15, -0.1) is 0 Å². The Morgan fingerprint density at radius 1 is 1.25 bits per heavy atom. The number of aryl methyl sites for hydroxylation is 1. The maximum atomic E-state index is 6.45. The molecule has 1 heterocycles. The highest BCUT2D eigenvalue weighted by atomic mass is 15.1. The maximum Gasteiger partial charge on any atom is 0.109 e. The topological polar surface area (TPSA) is 43.8 Å². The molecule has 0 amide bonds. The van der Waals surface area contributed by atoms with Gasteiger partial charge in [0.2, 0.25) is 0 Å². The molecule has 1 aromatic carbocycles. The van der Waals surface area contributed by atoms with Gasteiger partial charge < -0.3 is 10.3 Å². The van der Waals surface area contributed by atoms with E-state index in [4.69, 9.17) is 10.7 Å². The first-order valence-electron chi connectivity index (χ1n) is 7.96. The van der Waals surface area contributed by atoms with Gasteiger partial charge in [-0.1, -0.05) is 32.4 Å². The lowest BCUT2D eigenvalue weighted by atomic mass is 9.81. The zero-order valence-corrected chi connectivity index (χ0v) is 12.5. The molecule has 1 aliphatic carbocycles. The van der Waals surface area contributed by atoms with Gasteiger partial charge in [-0.05, 0) is 37.3 Å². The summed E-state index contributed by atoms with van der Waals surface area (Å²) < 4.78 is 2.43. The van der Waals surface area contributed by atoms with E-state index in [0.29, 0.717) is 6.04 Å². The van der Waals surface area contributed by atoms with Crippen molar-refractivity contribution >= 4 is 11.0 Å². The Labute approximate surface area is 121 Å². The summed E-state index contributed by atoms with van der Waals surface area (Å²) in [6.45, 7) is 4.48. The molecule has 0 bridgehead atoms. The van der Waals surface area contributed by atoms with E-state index in [9.17, 15) is 0 Å². The molecule has 1 aromatic heterocycles. The predicted molar refractivity (Wildman–Crippen MR) is 83.8 cm³/mol. The maximum absolute atomic E-state index is 6.45.